The predicted molar refractivity (Wildman–Crippen MR) is 139 cm³/mol. The van der Waals surface area contributed by atoms with Gasteiger partial charge in [-0.15, -0.1) is 0 Å². The first-order chi connectivity index (χ1) is 17.1. The molecule has 35 heavy (non-hydrogen) atoms. The molecule has 0 amide bonds. The van der Waals surface area contributed by atoms with Crippen LogP contribution in [0.2, 0.25) is 0 Å². The summed E-state index contributed by atoms with van der Waals surface area (Å²) in [5, 5.41) is 16.6. The molecule has 0 aliphatic carbocycles. The largest absolute Gasteiger partial charge is 0.464 e. The van der Waals surface area contributed by atoms with Gasteiger partial charge in [-0.05, 0) is 66.9 Å². The highest BCUT2D eigenvalue weighted by Gasteiger charge is 2.09. The first-order valence-electron chi connectivity index (χ1n) is 11.6. The molecular weight excluding hydrogens is 438 g/mol. The number of nitrogens with zero attached hydrogens (tertiary/aromatic N) is 3. The van der Waals surface area contributed by atoms with Crippen LogP contribution >= 0.6 is 0 Å². The van der Waals surface area contributed by atoms with Gasteiger partial charge in [0, 0.05) is 41.9 Å². The van der Waals surface area contributed by atoms with Crippen LogP contribution in [-0.4, -0.2) is 33.2 Å². The van der Waals surface area contributed by atoms with Crippen molar-refractivity contribution in [2.24, 2.45) is 0 Å². The fraction of sp³-hybridized carbons (Fsp3) is 0.179. The highest BCUT2D eigenvalue weighted by Crippen LogP contribution is 2.28. The van der Waals surface area contributed by atoms with Crippen LogP contribution < -0.4 is 10.6 Å². The maximum atomic E-state index is 8.94. The molecule has 2 aromatic carbocycles. The third-order valence-corrected chi connectivity index (χ3v) is 5.82. The number of pyridine rings is 1. The molecule has 0 bridgehead atoms. The molecule has 0 fully saturated rings. The van der Waals surface area contributed by atoms with E-state index in [4.69, 9.17) is 9.52 Å². The minimum Gasteiger partial charge on any atom is -0.464 e. The van der Waals surface area contributed by atoms with Gasteiger partial charge in [-0.2, -0.15) is 0 Å². The number of aliphatic hydroxyl groups is 1. The molecule has 0 spiro atoms. The summed E-state index contributed by atoms with van der Waals surface area (Å²) in [5.74, 6) is 2.24. The average Bonchev–Trinajstić information content (AvgIpc) is 3.26. The van der Waals surface area contributed by atoms with Crippen molar-refractivity contribution in [1.82, 2.24) is 15.0 Å². The van der Waals surface area contributed by atoms with Crippen molar-refractivity contribution in [3.63, 3.8) is 0 Å². The van der Waals surface area contributed by atoms with Crippen LogP contribution in [0.25, 0.3) is 33.4 Å². The Morgan fingerprint density at radius 2 is 1.74 bits per heavy atom. The molecule has 0 saturated carbocycles. The molecule has 176 valence electrons. The predicted octanol–water partition coefficient (Wildman–Crippen LogP) is 5.58. The molecule has 0 aliphatic heterocycles. The van der Waals surface area contributed by atoms with Gasteiger partial charge in [0.1, 0.15) is 23.0 Å². The number of hydrogen-bond acceptors (Lipinski definition) is 7. The normalized spacial score (nSPS) is 11.1. The molecular formula is C28H27N5O2. The molecule has 7 heteroatoms. The number of aliphatic hydroxyl groups excluding tert-OH is 1. The lowest BCUT2D eigenvalue weighted by atomic mass is 10.0. The third kappa shape index (κ3) is 5.15. The van der Waals surface area contributed by atoms with E-state index in [0.29, 0.717) is 18.9 Å². The van der Waals surface area contributed by atoms with Gasteiger partial charge in [0.2, 0.25) is 0 Å². The summed E-state index contributed by atoms with van der Waals surface area (Å²) in [5.41, 5.74) is 7.15. The molecule has 3 N–H and O–H groups in total. The van der Waals surface area contributed by atoms with Gasteiger partial charge in [0.25, 0.3) is 0 Å². The van der Waals surface area contributed by atoms with Gasteiger partial charge in [0.15, 0.2) is 0 Å². The van der Waals surface area contributed by atoms with Crippen LogP contribution in [0.1, 0.15) is 17.0 Å². The van der Waals surface area contributed by atoms with Gasteiger partial charge in [-0.1, -0.05) is 18.2 Å². The Morgan fingerprint density at radius 3 is 2.57 bits per heavy atom. The number of furan rings is 1. The smallest absolute Gasteiger partial charge is 0.134 e. The molecule has 5 rings (SSSR count). The van der Waals surface area contributed by atoms with E-state index in [-0.39, 0.29) is 6.61 Å². The van der Waals surface area contributed by atoms with Gasteiger partial charge < -0.3 is 20.2 Å². The molecule has 0 unspecified atom stereocenters. The second-order valence-electron chi connectivity index (χ2n) is 8.45. The third-order valence-electron chi connectivity index (χ3n) is 5.82. The first kappa shape index (κ1) is 22.6. The minimum atomic E-state index is 0.0745. The van der Waals surface area contributed by atoms with Crippen molar-refractivity contribution in [3.05, 3.63) is 90.1 Å². The number of nitrogens with one attached hydrogen (secondary N) is 2. The average molecular weight is 466 g/mol. The van der Waals surface area contributed by atoms with E-state index in [1.807, 2.05) is 56.4 Å². The van der Waals surface area contributed by atoms with Crippen LogP contribution in [0.4, 0.5) is 11.6 Å². The van der Waals surface area contributed by atoms with Crippen LogP contribution in [0.3, 0.4) is 0 Å². The maximum Gasteiger partial charge on any atom is 0.134 e. The van der Waals surface area contributed by atoms with Crippen LogP contribution in [0, 0.1) is 13.8 Å². The number of aryl methyl sites for hydroxylation is 2. The fourth-order valence-electron chi connectivity index (χ4n) is 4.03. The fourth-order valence-corrected chi connectivity index (χ4v) is 4.03. The standard InChI is InChI=1S/C28H27N5O2/c1-18-17-35-26-8-6-22(13-24(18)26)25-14-28(33-19(2)32-25)30-15-20-4-3-5-21(12-20)23-7-9-27(31-16-23)29-10-11-34/h3-9,12-14,16-17,34H,10-11,15H2,1-2H3,(H,29,31)(H,30,32,33). The van der Waals surface area contributed by atoms with Crippen molar-refractivity contribution in [3.8, 4) is 22.4 Å². The van der Waals surface area contributed by atoms with Gasteiger partial charge in [0.05, 0.1) is 18.6 Å². The summed E-state index contributed by atoms with van der Waals surface area (Å²) in [6.07, 6.45) is 3.62. The highest BCUT2D eigenvalue weighted by atomic mass is 16.3. The number of hydrogen-bond donors (Lipinski definition) is 3. The quantitative estimate of drug-likeness (QED) is 0.275. The van der Waals surface area contributed by atoms with E-state index in [1.54, 1.807) is 6.26 Å². The lowest BCUT2D eigenvalue weighted by Crippen LogP contribution is -2.06. The van der Waals surface area contributed by atoms with Crippen molar-refractivity contribution < 1.29 is 9.52 Å². The van der Waals surface area contributed by atoms with E-state index >= 15 is 0 Å². The van der Waals surface area contributed by atoms with Gasteiger partial charge >= 0.3 is 0 Å². The summed E-state index contributed by atoms with van der Waals surface area (Å²) >= 11 is 0. The Bertz CT molecular complexity index is 1460. The SMILES string of the molecule is Cc1nc(NCc2cccc(-c3ccc(NCCO)nc3)c2)cc(-c2ccc3occ(C)c3c2)n1. The summed E-state index contributed by atoms with van der Waals surface area (Å²) in [6, 6.07) is 20.4. The topological polar surface area (TPSA) is 96.1 Å². The number of anilines is 2. The van der Waals surface area contributed by atoms with E-state index < -0.39 is 0 Å². The summed E-state index contributed by atoms with van der Waals surface area (Å²) in [4.78, 5) is 13.7. The monoisotopic (exact) mass is 465 g/mol. The number of rotatable bonds is 8. The zero-order chi connectivity index (χ0) is 24.2. The zero-order valence-corrected chi connectivity index (χ0v) is 19.7. The highest BCUT2D eigenvalue weighted by molar-refractivity contribution is 5.85. The Labute approximate surface area is 203 Å². The van der Waals surface area contributed by atoms with Crippen LogP contribution in [0.5, 0.6) is 0 Å². The number of benzene rings is 2. The minimum absolute atomic E-state index is 0.0745. The summed E-state index contributed by atoms with van der Waals surface area (Å²) in [7, 11) is 0. The molecule has 5 aromatic rings. The molecule has 0 radical (unpaired) electrons. The van der Waals surface area contributed by atoms with Crippen molar-refractivity contribution >= 4 is 22.6 Å². The van der Waals surface area contributed by atoms with Crippen LogP contribution in [0.15, 0.2) is 77.5 Å². The second kappa shape index (κ2) is 9.95. The number of aromatic nitrogens is 3. The summed E-state index contributed by atoms with van der Waals surface area (Å²) in [6.45, 7) is 5.14. The van der Waals surface area contributed by atoms with E-state index in [1.165, 1.54) is 0 Å². The van der Waals surface area contributed by atoms with Crippen molar-refractivity contribution in [2.75, 3.05) is 23.8 Å². The Balaban J connectivity index is 1.32. The molecule has 7 nitrogen and oxygen atoms in total. The van der Waals surface area contributed by atoms with Gasteiger partial charge in [-0.3, -0.25) is 0 Å². The summed E-state index contributed by atoms with van der Waals surface area (Å²) < 4.78 is 5.58. The van der Waals surface area contributed by atoms with E-state index in [0.717, 1.165) is 56.1 Å². The van der Waals surface area contributed by atoms with Crippen molar-refractivity contribution in [1.29, 1.82) is 0 Å². The maximum absolute atomic E-state index is 8.94. The molecule has 0 saturated heterocycles. The van der Waals surface area contributed by atoms with Crippen molar-refractivity contribution in [2.45, 2.75) is 20.4 Å². The Morgan fingerprint density at radius 1 is 0.857 bits per heavy atom. The Hall–Kier alpha value is -4.23. The Kier molecular flexibility index (Phi) is 6.41. The molecule has 3 heterocycles. The lowest BCUT2D eigenvalue weighted by Gasteiger charge is -2.11. The molecule has 3 aromatic heterocycles. The molecule has 0 atom stereocenters. The number of fused-ring (bicyclic) bond motifs is 1. The zero-order valence-electron chi connectivity index (χ0n) is 19.7. The van der Waals surface area contributed by atoms with Crippen LogP contribution in [-0.2, 0) is 6.54 Å². The van der Waals surface area contributed by atoms with E-state index in [2.05, 4.69) is 49.9 Å². The molecule has 0 aliphatic rings. The second-order valence-corrected chi connectivity index (χ2v) is 8.45. The van der Waals surface area contributed by atoms with E-state index in [9.17, 15) is 0 Å². The first-order valence-corrected chi connectivity index (χ1v) is 11.6. The lowest BCUT2D eigenvalue weighted by molar-refractivity contribution is 0.311. The van der Waals surface area contributed by atoms with Gasteiger partial charge in [-0.25, -0.2) is 15.0 Å².